The Balaban J connectivity index is 1.58. The fourth-order valence-electron chi connectivity index (χ4n) is 3.63. The maximum Gasteiger partial charge on any atom is 0.137 e. The number of ketones is 1. The van der Waals surface area contributed by atoms with Gasteiger partial charge in [-0.05, 0) is 55.4 Å². The van der Waals surface area contributed by atoms with Crippen molar-refractivity contribution >= 4 is 5.78 Å². The average Bonchev–Trinajstić information content (AvgIpc) is 2.73. The molecule has 1 aromatic rings. The van der Waals surface area contributed by atoms with Gasteiger partial charge in [0.1, 0.15) is 17.4 Å². The molecule has 0 saturated carbocycles. The molecule has 0 spiro atoms. The van der Waals surface area contributed by atoms with Crippen molar-refractivity contribution in [3.8, 4) is 0 Å². The van der Waals surface area contributed by atoms with Crippen LogP contribution in [-0.4, -0.2) is 17.9 Å². The van der Waals surface area contributed by atoms with Crippen LogP contribution in [0.2, 0.25) is 0 Å². The van der Waals surface area contributed by atoms with E-state index in [1.54, 1.807) is 0 Å². The lowest BCUT2D eigenvalue weighted by atomic mass is 9.87. The number of carbonyl (C=O) groups is 1. The van der Waals surface area contributed by atoms with Crippen molar-refractivity contribution in [3.05, 3.63) is 35.4 Å². The van der Waals surface area contributed by atoms with Gasteiger partial charge in [-0.3, -0.25) is 4.79 Å². The SMILES string of the molecule is O=C(Cc1cc(F)ccc1F)CC1CC2CCC(C1)N2. The summed E-state index contributed by atoms with van der Waals surface area (Å²) in [6.07, 6.45) is 4.97. The summed E-state index contributed by atoms with van der Waals surface area (Å²) < 4.78 is 26.6. The van der Waals surface area contributed by atoms with Crippen LogP contribution in [0.25, 0.3) is 0 Å². The minimum Gasteiger partial charge on any atom is -0.311 e. The van der Waals surface area contributed by atoms with Crippen molar-refractivity contribution in [2.75, 3.05) is 0 Å². The zero-order valence-electron chi connectivity index (χ0n) is 11.4. The minimum atomic E-state index is -0.495. The van der Waals surface area contributed by atoms with Crippen molar-refractivity contribution in [3.63, 3.8) is 0 Å². The fraction of sp³-hybridized carbons (Fsp3) is 0.562. The van der Waals surface area contributed by atoms with Gasteiger partial charge in [0.25, 0.3) is 0 Å². The van der Waals surface area contributed by atoms with Crippen LogP contribution in [0.5, 0.6) is 0 Å². The number of piperidine rings is 1. The van der Waals surface area contributed by atoms with Gasteiger partial charge in [0.2, 0.25) is 0 Å². The van der Waals surface area contributed by atoms with E-state index in [9.17, 15) is 13.6 Å². The van der Waals surface area contributed by atoms with Gasteiger partial charge in [0.05, 0.1) is 0 Å². The Labute approximate surface area is 117 Å². The molecule has 1 aromatic carbocycles. The standard InChI is InChI=1S/C16H19F2NO/c17-12-1-4-16(18)11(8-12)9-15(20)7-10-5-13-2-3-14(6-10)19-13/h1,4,8,10,13-14,19H,2-3,5-7,9H2. The summed E-state index contributed by atoms with van der Waals surface area (Å²) in [6, 6.07) is 4.39. The number of hydrogen-bond donors (Lipinski definition) is 1. The van der Waals surface area contributed by atoms with Gasteiger partial charge in [-0.1, -0.05) is 0 Å². The Hall–Kier alpha value is -1.29. The van der Waals surface area contributed by atoms with Gasteiger partial charge < -0.3 is 5.32 Å². The number of hydrogen-bond acceptors (Lipinski definition) is 2. The van der Waals surface area contributed by atoms with Crippen molar-refractivity contribution in [1.29, 1.82) is 0 Å². The molecule has 0 aliphatic carbocycles. The van der Waals surface area contributed by atoms with E-state index in [1.807, 2.05) is 0 Å². The highest BCUT2D eigenvalue weighted by molar-refractivity contribution is 5.81. The van der Waals surface area contributed by atoms with Crippen LogP contribution >= 0.6 is 0 Å². The first kappa shape index (κ1) is 13.7. The highest BCUT2D eigenvalue weighted by atomic mass is 19.1. The fourth-order valence-corrected chi connectivity index (χ4v) is 3.63. The number of rotatable bonds is 4. The van der Waals surface area contributed by atoms with E-state index in [0.29, 0.717) is 24.4 Å². The predicted octanol–water partition coefficient (Wildman–Crippen LogP) is 3.00. The van der Waals surface area contributed by atoms with Crippen LogP contribution in [0.1, 0.15) is 37.7 Å². The molecule has 3 rings (SSSR count). The third-order valence-corrected chi connectivity index (χ3v) is 4.48. The quantitative estimate of drug-likeness (QED) is 0.918. The first-order valence-corrected chi connectivity index (χ1v) is 7.32. The molecule has 0 aromatic heterocycles. The summed E-state index contributed by atoms with van der Waals surface area (Å²) in [5, 5.41) is 3.54. The largest absolute Gasteiger partial charge is 0.311 e. The molecule has 0 amide bonds. The molecule has 2 aliphatic rings. The number of Topliss-reactive ketones (excluding diaryl/α,β-unsaturated/α-hetero) is 1. The monoisotopic (exact) mass is 279 g/mol. The summed E-state index contributed by atoms with van der Waals surface area (Å²) in [5.74, 6) is -0.571. The van der Waals surface area contributed by atoms with Crippen molar-refractivity contribution in [1.82, 2.24) is 5.32 Å². The Morgan fingerprint density at radius 2 is 1.90 bits per heavy atom. The summed E-state index contributed by atoms with van der Waals surface area (Å²) in [5.41, 5.74) is 0.173. The molecule has 2 fully saturated rings. The second kappa shape index (κ2) is 5.60. The topological polar surface area (TPSA) is 29.1 Å². The lowest BCUT2D eigenvalue weighted by Gasteiger charge is -2.28. The van der Waals surface area contributed by atoms with E-state index in [-0.39, 0.29) is 17.8 Å². The van der Waals surface area contributed by atoms with E-state index >= 15 is 0 Å². The van der Waals surface area contributed by atoms with Gasteiger partial charge in [-0.25, -0.2) is 8.78 Å². The van der Waals surface area contributed by atoms with Crippen LogP contribution in [0.4, 0.5) is 8.78 Å². The van der Waals surface area contributed by atoms with Crippen LogP contribution in [0.3, 0.4) is 0 Å². The zero-order valence-corrected chi connectivity index (χ0v) is 11.4. The van der Waals surface area contributed by atoms with Crippen molar-refractivity contribution in [2.45, 2.75) is 50.6 Å². The number of nitrogens with one attached hydrogen (secondary N) is 1. The summed E-state index contributed by atoms with van der Waals surface area (Å²) >= 11 is 0. The lowest BCUT2D eigenvalue weighted by molar-refractivity contribution is -0.119. The lowest BCUT2D eigenvalue weighted by Crippen LogP contribution is -2.38. The minimum absolute atomic E-state index is 0.00283. The molecule has 4 heteroatoms. The van der Waals surface area contributed by atoms with E-state index < -0.39 is 11.6 Å². The van der Waals surface area contributed by atoms with Crippen LogP contribution < -0.4 is 5.32 Å². The first-order chi connectivity index (χ1) is 9.60. The van der Waals surface area contributed by atoms with E-state index in [1.165, 1.54) is 12.8 Å². The molecule has 1 N–H and O–H groups in total. The van der Waals surface area contributed by atoms with Gasteiger partial charge in [0.15, 0.2) is 0 Å². The van der Waals surface area contributed by atoms with Gasteiger partial charge in [-0.2, -0.15) is 0 Å². The van der Waals surface area contributed by atoms with E-state index in [2.05, 4.69) is 5.32 Å². The van der Waals surface area contributed by atoms with Crippen LogP contribution in [0, 0.1) is 17.6 Å². The Kier molecular flexibility index (Phi) is 3.83. The normalized spacial score (nSPS) is 28.6. The Morgan fingerprint density at radius 1 is 1.20 bits per heavy atom. The number of fused-ring (bicyclic) bond motifs is 2. The smallest absolute Gasteiger partial charge is 0.137 e. The molecule has 2 saturated heterocycles. The highest BCUT2D eigenvalue weighted by Gasteiger charge is 2.34. The summed E-state index contributed by atoms with van der Waals surface area (Å²) in [7, 11) is 0. The van der Waals surface area contributed by atoms with Gasteiger partial charge >= 0.3 is 0 Å². The molecule has 108 valence electrons. The Bertz CT molecular complexity index is 505. The molecular weight excluding hydrogens is 260 g/mol. The van der Waals surface area contributed by atoms with Crippen LogP contribution in [0.15, 0.2) is 18.2 Å². The number of carbonyl (C=O) groups excluding carboxylic acids is 1. The van der Waals surface area contributed by atoms with Gasteiger partial charge in [0, 0.05) is 24.9 Å². The van der Waals surface area contributed by atoms with Crippen molar-refractivity contribution in [2.24, 2.45) is 5.92 Å². The zero-order chi connectivity index (χ0) is 14.1. The maximum atomic E-state index is 13.5. The third kappa shape index (κ3) is 3.06. The van der Waals surface area contributed by atoms with E-state index in [0.717, 1.165) is 31.0 Å². The Morgan fingerprint density at radius 3 is 2.60 bits per heavy atom. The molecule has 2 aliphatic heterocycles. The molecule has 20 heavy (non-hydrogen) atoms. The molecule has 0 radical (unpaired) electrons. The molecule has 2 nitrogen and oxygen atoms in total. The van der Waals surface area contributed by atoms with Gasteiger partial charge in [-0.15, -0.1) is 0 Å². The molecule has 2 bridgehead atoms. The number of halogens is 2. The average molecular weight is 279 g/mol. The third-order valence-electron chi connectivity index (χ3n) is 4.48. The van der Waals surface area contributed by atoms with Crippen LogP contribution in [-0.2, 0) is 11.2 Å². The van der Waals surface area contributed by atoms with Crippen molar-refractivity contribution < 1.29 is 13.6 Å². The summed E-state index contributed by atoms with van der Waals surface area (Å²) in [6.45, 7) is 0. The molecule has 2 heterocycles. The predicted molar refractivity (Wildman–Crippen MR) is 72.4 cm³/mol. The second-order valence-electron chi connectivity index (χ2n) is 6.13. The molecule has 2 unspecified atom stereocenters. The highest BCUT2D eigenvalue weighted by Crippen LogP contribution is 2.33. The maximum absolute atomic E-state index is 13.5. The molecular formula is C16H19F2NO. The second-order valence-corrected chi connectivity index (χ2v) is 6.13. The van der Waals surface area contributed by atoms with E-state index in [4.69, 9.17) is 0 Å². The summed E-state index contributed by atoms with van der Waals surface area (Å²) in [4.78, 5) is 12.1. The molecule has 2 atom stereocenters. The first-order valence-electron chi connectivity index (χ1n) is 7.32. The number of benzene rings is 1.